The summed E-state index contributed by atoms with van der Waals surface area (Å²) >= 11 is 0. The van der Waals surface area contributed by atoms with Crippen LogP contribution < -0.4 is 26.0 Å². The third kappa shape index (κ3) is 9.63. The molecule has 2 heterocycles. The predicted octanol–water partition coefficient (Wildman–Crippen LogP) is 3.76. The number of likely N-dealkylation sites (N-methyl/N-ethyl adjacent to an activating group) is 2. The first-order chi connectivity index (χ1) is 22.5. The monoisotopic (exact) mass is 640 g/mol. The highest BCUT2D eigenvalue weighted by Crippen LogP contribution is 2.27. The van der Waals surface area contributed by atoms with Gasteiger partial charge in [0.15, 0.2) is 0 Å². The fourth-order valence-electron chi connectivity index (χ4n) is 4.41. The van der Waals surface area contributed by atoms with Gasteiger partial charge in [-0.2, -0.15) is 5.10 Å². The van der Waals surface area contributed by atoms with Crippen LogP contribution in [0.1, 0.15) is 42.4 Å². The van der Waals surface area contributed by atoms with Gasteiger partial charge in [0.2, 0.25) is 11.8 Å². The minimum absolute atomic E-state index is 0.274. The highest BCUT2D eigenvalue weighted by molar-refractivity contribution is 6.00. The minimum atomic E-state index is -0.484. The van der Waals surface area contributed by atoms with Gasteiger partial charge in [-0.25, -0.2) is 9.48 Å². The molecule has 13 nitrogen and oxygen atoms in total. The van der Waals surface area contributed by atoms with Gasteiger partial charge in [0.05, 0.1) is 18.0 Å². The molecule has 47 heavy (non-hydrogen) atoms. The third-order valence-corrected chi connectivity index (χ3v) is 7.11. The van der Waals surface area contributed by atoms with Gasteiger partial charge in [0.25, 0.3) is 5.91 Å². The van der Waals surface area contributed by atoms with Crippen molar-refractivity contribution < 1.29 is 23.9 Å². The summed E-state index contributed by atoms with van der Waals surface area (Å²) in [6, 6.07) is 18.8. The zero-order valence-electron chi connectivity index (χ0n) is 27.2. The standard InChI is InChI=1S/C34H40N8O5/c1-34(2,3)28-20-29(39-33(46)38-25-8-12-27(13-9-25)47-19-16-23-14-17-37-18-15-23)42(40-28)26-10-6-24(7-11-26)32(45)41(21-30(43)35-4)22-31(44)36-5/h6-15,17-18,20H,16,19,21-22H2,1-5H3,(H,35,43)(H,36,44)(H2,38,39,46). The van der Waals surface area contributed by atoms with Crippen LogP contribution in [0.3, 0.4) is 0 Å². The zero-order chi connectivity index (χ0) is 34.0. The number of rotatable bonds is 12. The van der Waals surface area contributed by atoms with E-state index in [1.807, 2.05) is 32.9 Å². The zero-order valence-corrected chi connectivity index (χ0v) is 27.2. The predicted molar refractivity (Wildman–Crippen MR) is 179 cm³/mol. The molecule has 5 amide bonds. The number of carbonyl (C=O) groups excluding carboxylic acids is 4. The van der Waals surface area contributed by atoms with Crippen LogP contribution in [-0.2, 0) is 21.4 Å². The van der Waals surface area contributed by atoms with Gasteiger partial charge in [0, 0.05) is 55.6 Å². The molecule has 246 valence electrons. The van der Waals surface area contributed by atoms with Gasteiger partial charge in [-0.3, -0.25) is 24.7 Å². The third-order valence-electron chi connectivity index (χ3n) is 7.11. The minimum Gasteiger partial charge on any atom is -0.493 e. The molecule has 0 aliphatic heterocycles. The average Bonchev–Trinajstić information content (AvgIpc) is 3.49. The van der Waals surface area contributed by atoms with Crippen LogP contribution in [0.4, 0.5) is 16.3 Å². The molecule has 2 aromatic heterocycles. The molecule has 0 bridgehead atoms. The van der Waals surface area contributed by atoms with Crippen LogP contribution in [0.25, 0.3) is 5.69 Å². The molecule has 13 heteroatoms. The van der Waals surface area contributed by atoms with Gasteiger partial charge in [0.1, 0.15) is 24.7 Å². The second-order valence-corrected chi connectivity index (χ2v) is 11.7. The summed E-state index contributed by atoms with van der Waals surface area (Å²) in [5.74, 6) is -0.183. The van der Waals surface area contributed by atoms with Crippen LogP contribution in [0.5, 0.6) is 5.75 Å². The van der Waals surface area contributed by atoms with E-state index in [-0.39, 0.29) is 24.1 Å². The van der Waals surface area contributed by atoms with Crippen molar-refractivity contribution >= 4 is 35.3 Å². The van der Waals surface area contributed by atoms with Crippen molar-refractivity contribution in [2.75, 3.05) is 44.4 Å². The smallest absolute Gasteiger partial charge is 0.324 e. The van der Waals surface area contributed by atoms with E-state index in [0.29, 0.717) is 29.5 Å². The molecule has 4 N–H and O–H groups in total. The van der Waals surface area contributed by atoms with Crippen LogP contribution in [0, 0.1) is 0 Å². The van der Waals surface area contributed by atoms with E-state index in [4.69, 9.17) is 9.84 Å². The summed E-state index contributed by atoms with van der Waals surface area (Å²) in [5.41, 5.74) is 3.00. The lowest BCUT2D eigenvalue weighted by molar-refractivity contribution is -0.123. The number of benzene rings is 2. The summed E-state index contributed by atoms with van der Waals surface area (Å²) in [4.78, 5) is 55.5. The normalized spacial score (nSPS) is 10.9. The Labute approximate surface area is 273 Å². The lowest BCUT2D eigenvalue weighted by Gasteiger charge is -2.21. The van der Waals surface area contributed by atoms with Crippen molar-refractivity contribution in [3.05, 3.63) is 95.9 Å². The van der Waals surface area contributed by atoms with E-state index < -0.39 is 23.8 Å². The van der Waals surface area contributed by atoms with E-state index in [1.165, 1.54) is 14.1 Å². The molecule has 0 unspecified atom stereocenters. The molecule has 4 rings (SSSR count). The summed E-state index contributed by atoms with van der Waals surface area (Å²) in [5, 5.41) is 15.4. The fourth-order valence-corrected chi connectivity index (χ4v) is 4.41. The Bertz CT molecular complexity index is 1660. The van der Waals surface area contributed by atoms with Gasteiger partial charge in [-0.15, -0.1) is 0 Å². The molecule has 0 saturated heterocycles. The topological polar surface area (TPSA) is 160 Å². The van der Waals surface area contributed by atoms with Gasteiger partial charge in [-0.05, 0) is 66.2 Å². The Morgan fingerprint density at radius 3 is 2.02 bits per heavy atom. The maximum absolute atomic E-state index is 13.2. The maximum Gasteiger partial charge on any atom is 0.324 e. The van der Waals surface area contributed by atoms with Crippen molar-refractivity contribution in [3.8, 4) is 11.4 Å². The Kier molecular flexibility index (Phi) is 11.3. The number of aromatic nitrogens is 3. The van der Waals surface area contributed by atoms with Crippen LogP contribution >= 0.6 is 0 Å². The Morgan fingerprint density at radius 2 is 1.45 bits per heavy atom. The highest BCUT2D eigenvalue weighted by Gasteiger charge is 2.23. The SMILES string of the molecule is CNC(=O)CN(CC(=O)NC)C(=O)c1ccc(-n2nc(C(C)(C)C)cc2NC(=O)Nc2ccc(OCCc3ccncc3)cc2)cc1. The van der Waals surface area contributed by atoms with Crippen molar-refractivity contribution in [1.82, 2.24) is 30.3 Å². The van der Waals surface area contributed by atoms with E-state index in [2.05, 4.69) is 26.3 Å². The van der Waals surface area contributed by atoms with Gasteiger partial charge in [-0.1, -0.05) is 20.8 Å². The van der Waals surface area contributed by atoms with Gasteiger partial charge < -0.3 is 25.6 Å². The molecule has 0 spiro atoms. The molecule has 2 aromatic carbocycles. The average molecular weight is 641 g/mol. The van der Waals surface area contributed by atoms with E-state index >= 15 is 0 Å². The Morgan fingerprint density at radius 1 is 0.830 bits per heavy atom. The molecular formula is C34H40N8O5. The van der Waals surface area contributed by atoms with Crippen LogP contribution in [-0.4, -0.2) is 77.2 Å². The molecular weight excluding hydrogens is 600 g/mol. The summed E-state index contributed by atoms with van der Waals surface area (Å²) < 4.78 is 7.41. The lowest BCUT2D eigenvalue weighted by atomic mass is 9.92. The van der Waals surface area contributed by atoms with Crippen molar-refractivity contribution in [2.24, 2.45) is 0 Å². The molecule has 0 radical (unpaired) electrons. The number of amides is 5. The van der Waals surface area contributed by atoms with Crippen molar-refractivity contribution in [2.45, 2.75) is 32.6 Å². The molecule has 0 fully saturated rings. The Hall–Kier alpha value is -5.72. The number of hydrogen-bond donors (Lipinski definition) is 4. The first kappa shape index (κ1) is 34.2. The van der Waals surface area contributed by atoms with Crippen molar-refractivity contribution in [3.63, 3.8) is 0 Å². The molecule has 0 atom stereocenters. The number of anilines is 2. The second-order valence-electron chi connectivity index (χ2n) is 11.7. The van der Waals surface area contributed by atoms with E-state index in [9.17, 15) is 19.2 Å². The number of urea groups is 1. The summed E-state index contributed by atoms with van der Waals surface area (Å²) in [6.45, 7) is 6.00. The largest absolute Gasteiger partial charge is 0.493 e. The number of ether oxygens (including phenoxy) is 1. The highest BCUT2D eigenvalue weighted by atomic mass is 16.5. The number of hydrogen-bond acceptors (Lipinski definition) is 7. The fraction of sp³-hybridized carbons (Fsp3) is 0.294. The van der Waals surface area contributed by atoms with E-state index in [0.717, 1.165) is 22.6 Å². The van der Waals surface area contributed by atoms with Crippen LogP contribution in [0.15, 0.2) is 79.1 Å². The quantitative estimate of drug-likeness (QED) is 0.183. The number of nitrogens with zero attached hydrogens (tertiary/aromatic N) is 4. The maximum atomic E-state index is 13.2. The lowest BCUT2D eigenvalue weighted by Crippen LogP contribution is -2.44. The first-order valence-corrected chi connectivity index (χ1v) is 15.1. The van der Waals surface area contributed by atoms with Crippen LogP contribution in [0.2, 0.25) is 0 Å². The first-order valence-electron chi connectivity index (χ1n) is 15.1. The molecule has 0 saturated carbocycles. The number of nitrogens with one attached hydrogen (secondary N) is 4. The Balaban J connectivity index is 1.45. The van der Waals surface area contributed by atoms with E-state index in [1.54, 1.807) is 71.7 Å². The number of pyridine rings is 1. The number of carbonyl (C=O) groups is 4. The molecule has 4 aromatic rings. The summed E-state index contributed by atoms with van der Waals surface area (Å²) in [7, 11) is 2.92. The molecule has 0 aliphatic rings. The van der Waals surface area contributed by atoms with Gasteiger partial charge >= 0.3 is 6.03 Å². The second kappa shape index (κ2) is 15.5. The van der Waals surface area contributed by atoms with Crippen molar-refractivity contribution in [1.29, 1.82) is 0 Å². The summed E-state index contributed by atoms with van der Waals surface area (Å²) in [6.07, 6.45) is 4.25. The molecule has 0 aliphatic carbocycles.